The molecule has 0 aliphatic carbocycles. The van der Waals surface area contributed by atoms with Crippen LogP contribution >= 0.6 is 0 Å². The highest BCUT2D eigenvalue weighted by Crippen LogP contribution is 2.34. The van der Waals surface area contributed by atoms with E-state index >= 15 is 0 Å². The lowest BCUT2D eigenvalue weighted by atomic mass is 10.1. The molecular weight excluding hydrogens is 1050 g/mol. The average molecular weight is 1100 g/mol. The molecule has 15 aromatic rings. The standard InChI is InChI=1S/C23H18FN5.C22H15FN4.C21H12F2N4/c1-28(2)16-7-8-20-18(13-16)23(29-12-10-15-14-25-11-9-21(15)29)27-22(26-20)17-5-3-4-6-19(17)24;1-14-6-7-19-17(12-14)22(27-11-9-15-13-24-10-8-20(15)27)26-21(25-19)16-4-2-3-5-18(16)23;22-14-5-6-18-16(11-14)21(27-10-8-13-12-24-9-7-19(13)27)26-20(25-18)15-3-1-2-4-17(15)23/h3-14H,1-2H3;2-13H,1H3;1-12H. The number of anilines is 1. The Morgan fingerprint density at radius 1 is 0.373 bits per heavy atom. The number of benzene rings is 6. The van der Waals surface area contributed by atoms with Gasteiger partial charge in [-0.2, -0.15) is 0 Å². The van der Waals surface area contributed by atoms with Gasteiger partial charge in [-0.05, 0) is 128 Å². The van der Waals surface area contributed by atoms with Crippen LogP contribution in [0.3, 0.4) is 0 Å². The zero-order chi connectivity index (χ0) is 56.7. The smallest absolute Gasteiger partial charge is 0.165 e. The van der Waals surface area contributed by atoms with Gasteiger partial charge in [-0.1, -0.05) is 48.0 Å². The molecule has 0 fully saturated rings. The van der Waals surface area contributed by atoms with E-state index < -0.39 is 5.82 Å². The zero-order valence-electron chi connectivity index (χ0n) is 44.6. The van der Waals surface area contributed by atoms with Gasteiger partial charge in [-0.3, -0.25) is 15.0 Å². The van der Waals surface area contributed by atoms with Gasteiger partial charge in [0.1, 0.15) is 40.7 Å². The van der Waals surface area contributed by atoms with E-state index in [0.717, 1.165) is 71.6 Å². The van der Waals surface area contributed by atoms with Gasteiger partial charge in [0.05, 0.1) is 49.8 Å². The van der Waals surface area contributed by atoms with E-state index in [-0.39, 0.29) is 23.3 Å². The number of halogens is 4. The SMILES string of the molecule is CN(C)c1ccc2nc(-c3ccccc3F)nc(-n3ccc4cnccc43)c2c1.Cc1ccc2nc(-c3ccccc3F)nc(-n3ccc4cnccc43)c2c1.Fc1ccc2nc(-c3ccccc3F)nc(-n3ccc4cnccc43)c2c1. The van der Waals surface area contributed by atoms with Crippen molar-refractivity contribution in [3.63, 3.8) is 0 Å². The van der Waals surface area contributed by atoms with Crippen molar-refractivity contribution in [1.82, 2.24) is 58.6 Å². The second kappa shape index (κ2) is 21.5. The molecule has 0 atom stereocenters. The Morgan fingerprint density at radius 3 is 1.16 bits per heavy atom. The number of pyridine rings is 3. The highest BCUT2D eigenvalue weighted by molar-refractivity contribution is 5.94. The van der Waals surface area contributed by atoms with Crippen LogP contribution in [-0.4, -0.2) is 72.7 Å². The summed E-state index contributed by atoms with van der Waals surface area (Å²) >= 11 is 0. The third-order valence-electron chi connectivity index (χ3n) is 14.1. The summed E-state index contributed by atoms with van der Waals surface area (Å²) in [4.78, 5) is 42.4. The predicted molar refractivity (Wildman–Crippen MR) is 318 cm³/mol. The molecule has 6 aromatic carbocycles. The van der Waals surface area contributed by atoms with Gasteiger partial charge in [-0.25, -0.2) is 47.5 Å². The first-order valence-corrected chi connectivity index (χ1v) is 26.3. The van der Waals surface area contributed by atoms with Crippen LogP contribution in [0.4, 0.5) is 23.2 Å². The maximum Gasteiger partial charge on any atom is 0.165 e. The average Bonchev–Trinajstić information content (AvgIpc) is 3.33. The number of aromatic nitrogens is 12. The van der Waals surface area contributed by atoms with E-state index in [1.807, 2.05) is 131 Å². The lowest BCUT2D eigenvalue weighted by molar-refractivity contribution is 0.628. The Morgan fingerprint density at radius 2 is 0.747 bits per heavy atom. The van der Waals surface area contributed by atoms with Crippen molar-refractivity contribution in [3.8, 4) is 51.6 Å². The van der Waals surface area contributed by atoms with Crippen LogP contribution in [0.1, 0.15) is 5.56 Å². The van der Waals surface area contributed by atoms with Crippen molar-refractivity contribution in [3.05, 3.63) is 248 Å². The highest BCUT2D eigenvalue weighted by Gasteiger charge is 2.20. The van der Waals surface area contributed by atoms with Gasteiger partial charge in [0, 0.05) is 108 Å². The molecule has 0 bridgehead atoms. The lowest BCUT2D eigenvalue weighted by Gasteiger charge is -2.16. The molecule has 0 amide bonds. The third kappa shape index (κ3) is 9.85. The monoisotopic (exact) mass is 1100 g/mol. The maximum atomic E-state index is 14.5. The van der Waals surface area contributed by atoms with Gasteiger partial charge in [0.15, 0.2) is 17.5 Å². The first-order chi connectivity index (χ1) is 40.5. The Labute approximate surface area is 471 Å². The zero-order valence-corrected chi connectivity index (χ0v) is 44.6. The normalized spacial score (nSPS) is 11.3. The van der Waals surface area contributed by atoms with Crippen LogP contribution < -0.4 is 4.90 Å². The molecule has 13 nitrogen and oxygen atoms in total. The van der Waals surface area contributed by atoms with Crippen LogP contribution in [0.2, 0.25) is 0 Å². The third-order valence-corrected chi connectivity index (χ3v) is 14.1. The molecule has 9 heterocycles. The fourth-order valence-electron chi connectivity index (χ4n) is 10.0. The fraction of sp³-hybridized carbons (Fsp3) is 0.0455. The van der Waals surface area contributed by atoms with Gasteiger partial charge < -0.3 is 18.6 Å². The summed E-state index contributed by atoms with van der Waals surface area (Å²) in [7, 11) is 3.98. The molecule has 0 aliphatic heterocycles. The fourth-order valence-corrected chi connectivity index (χ4v) is 10.0. The summed E-state index contributed by atoms with van der Waals surface area (Å²) < 4.78 is 62.9. The number of fused-ring (bicyclic) bond motifs is 6. The van der Waals surface area contributed by atoms with Crippen LogP contribution in [0.15, 0.2) is 220 Å². The van der Waals surface area contributed by atoms with Crippen LogP contribution in [-0.2, 0) is 0 Å². The molecule has 83 heavy (non-hydrogen) atoms. The highest BCUT2D eigenvalue weighted by atomic mass is 19.1. The molecule has 0 saturated heterocycles. The molecule has 9 aromatic heterocycles. The van der Waals surface area contributed by atoms with E-state index in [2.05, 4.69) is 47.0 Å². The minimum Gasteiger partial charge on any atom is -0.378 e. The topological polar surface area (TPSA) is 134 Å². The van der Waals surface area contributed by atoms with Crippen molar-refractivity contribution in [2.75, 3.05) is 19.0 Å². The van der Waals surface area contributed by atoms with E-state index in [1.54, 1.807) is 85.5 Å². The minimum absolute atomic E-state index is 0.248. The number of rotatable bonds is 7. The van der Waals surface area contributed by atoms with E-state index in [0.29, 0.717) is 50.9 Å². The Kier molecular flexibility index (Phi) is 13.3. The van der Waals surface area contributed by atoms with E-state index in [4.69, 9.17) is 9.97 Å². The Hall–Kier alpha value is -11.1. The minimum atomic E-state index is -0.411. The number of nitrogens with zero attached hydrogens (tertiary/aromatic N) is 13. The van der Waals surface area contributed by atoms with Gasteiger partial charge in [0.2, 0.25) is 0 Å². The molecule has 0 unspecified atom stereocenters. The summed E-state index contributed by atoms with van der Waals surface area (Å²) in [6.07, 6.45) is 16.3. The first-order valence-electron chi connectivity index (χ1n) is 26.3. The summed E-state index contributed by atoms with van der Waals surface area (Å²) in [6, 6.07) is 47.5. The van der Waals surface area contributed by atoms with Crippen molar-refractivity contribution in [2.24, 2.45) is 0 Å². The molecule has 17 heteroatoms. The van der Waals surface area contributed by atoms with Crippen molar-refractivity contribution >= 4 is 71.1 Å². The van der Waals surface area contributed by atoms with Crippen molar-refractivity contribution in [1.29, 1.82) is 0 Å². The molecule has 0 aliphatic rings. The molecule has 402 valence electrons. The van der Waals surface area contributed by atoms with Crippen molar-refractivity contribution < 1.29 is 17.6 Å². The quantitative estimate of drug-likeness (QED) is 0.142. The lowest BCUT2D eigenvalue weighted by Crippen LogP contribution is -2.09. The van der Waals surface area contributed by atoms with Gasteiger partial charge in [0.25, 0.3) is 0 Å². The maximum absolute atomic E-state index is 14.5. The van der Waals surface area contributed by atoms with E-state index in [1.165, 1.54) is 30.3 Å². The number of aryl methyl sites for hydroxylation is 1. The molecule has 0 N–H and O–H groups in total. The van der Waals surface area contributed by atoms with Crippen molar-refractivity contribution in [2.45, 2.75) is 6.92 Å². The largest absolute Gasteiger partial charge is 0.378 e. The Bertz CT molecular complexity index is 4750. The number of hydrogen-bond donors (Lipinski definition) is 0. The second-order valence-corrected chi connectivity index (χ2v) is 19.7. The molecule has 0 radical (unpaired) electrons. The summed E-state index contributed by atoms with van der Waals surface area (Å²) in [6.45, 7) is 2.03. The van der Waals surface area contributed by atoms with Crippen LogP contribution in [0, 0.1) is 30.2 Å². The summed E-state index contributed by atoms with van der Waals surface area (Å²) in [5, 5.41) is 5.31. The molecule has 0 spiro atoms. The van der Waals surface area contributed by atoms with Gasteiger partial charge >= 0.3 is 0 Å². The van der Waals surface area contributed by atoms with Crippen LogP contribution in [0.25, 0.3) is 117 Å². The summed E-state index contributed by atoms with van der Waals surface area (Å²) in [5.74, 6) is 1.42. The molecule has 0 saturated carbocycles. The first kappa shape index (κ1) is 51.4. The predicted octanol–water partition coefficient (Wildman–Crippen LogP) is 14.8. The van der Waals surface area contributed by atoms with E-state index in [9.17, 15) is 17.6 Å². The summed E-state index contributed by atoms with van der Waals surface area (Å²) in [5.41, 5.74) is 8.13. The Balaban J connectivity index is 0.000000117. The van der Waals surface area contributed by atoms with Crippen LogP contribution in [0.5, 0.6) is 0 Å². The van der Waals surface area contributed by atoms with Gasteiger partial charge in [-0.15, -0.1) is 0 Å². The molecular formula is C66H45F4N13. The molecule has 15 rings (SSSR count). The second-order valence-electron chi connectivity index (χ2n) is 19.7. The number of hydrogen-bond acceptors (Lipinski definition) is 10.